The van der Waals surface area contributed by atoms with Gasteiger partial charge in [-0.15, -0.1) is 0 Å². The normalized spacial score (nSPS) is 15.6. The highest BCUT2D eigenvalue weighted by atomic mass is 16.5. The molecule has 63 heavy (non-hydrogen) atoms. The van der Waals surface area contributed by atoms with E-state index in [0.717, 1.165) is 18.4 Å². The van der Waals surface area contributed by atoms with Crippen LogP contribution < -0.4 is 26.0 Å². The summed E-state index contributed by atoms with van der Waals surface area (Å²) in [5.74, 6) is -6.44. The summed E-state index contributed by atoms with van der Waals surface area (Å²) < 4.78 is 5.62. The van der Waals surface area contributed by atoms with Gasteiger partial charge in [-0.2, -0.15) is 0 Å². The SMILES string of the molecule is CCCCNC(=O)C(Cc1ccccc1)NC(=O)COc1ccc(CC(NC(=O)CNC(=O)CN2CCN(CC(=O)O)CCN(CC(=O)O)CCN(CC(=O)O)CC2)C(=O)O)cc1. The second-order valence-corrected chi connectivity index (χ2v) is 15.1. The Morgan fingerprint density at radius 2 is 1.03 bits per heavy atom. The topological polar surface area (TPSA) is 288 Å². The number of carboxylic acids is 4. The lowest BCUT2D eigenvalue weighted by molar-refractivity contribution is -0.142. The van der Waals surface area contributed by atoms with E-state index >= 15 is 0 Å². The molecule has 2 aromatic carbocycles. The van der Waals surface area contributed by atoms with Crippen molar-refractivity contribution < 1.29 is 63.5 Å². The number of nitrogens with zero attached hydrogens (tertiary/aromatic N) is 4. The van der Waals surface area contributed by atoms with Gasteiger partial charge in [0, 0.05) is 71.7 Å². The summed E-state index contributed by atoms with van der Waals surface area (Å²) in [5.41, 5.74) is 1.40. The van der Waals surface area contributed by atoms with Gasteiger partial charge in [0.2, 0.25) is 17.7 Å². The number of hydrogen-bond acceptors (Lipinski definition) is 13. The monoisotopic (exact) mass is 884 g/mol. The molecule has 3 rings (SSSR count). The minimum Gasteiger partial charge on any atom is -0.484 e. The summed E-state index contributed by atoms with van der Waals surface area (Å²) in [6.07, 6.45) is 1.87. The second kappa shape index (κ2) is 27.7. The predicted molar refractivity (Wildman–Crippen MR) is 227 cm³/mol. The van der Waals surface area contributed by atoms with Crippen molar-refractivity contribution in [1.29, 1.82) is 0 Å². The number of amides is 4. The predicted octanol–water partition coefficient (Wildman–Crippen LogP) is -1.59. The van der Waals surface area contributed by atoms with Crippen LogP contribution in [0.2, 0.25) is 0 Å². The van der Waals surface area contributed by atoms with E-state index in [4.69, 9.17) is 4.74 Å². The quantitative estimate of drug-likeness (QED) is 0.0552. The molecule has 4 amide bonds. The molecule has 8 N–H and O–H groups in total. The van der Waals surface area contributed by atoms with Crippen LogP contribution in [0.15, 0.2) is 54.6 Å². The first kappa shape index (κ1) is 51.2. The molecule has 0 radical (unpaired) electrons. The van der Waals surface area contributed by atoms with Crippen molar-refractivity contribution in [3.8, 4) is 5.75 Å². The largest absolute Gasteiger partial charge is 0.484 e. The average Bonchev–Trinajstić information content (AvgIpc) is 3.23. The molecule has 0 saturated carbocycles. The Hall–Kier alpha value is -6.16. The van der Waals surface area contributed by atoms with Gasteiger partial charge in [0.05, 0.1) is 32.7 Å². The maximum atomic E-state index is 13.0. The van der Waals surface area contributed by atoms with Crippen molar-refractivity contribution >= 4 is 47.5 Å². The van der Waals surface area contributed by atoms with Gasteiger partial charge in [-0.05, 0) is 29.7 Å². The van der Waals surface area contributed by atoms with Gasteiger partial charge in [0.1, 0.15) is 17.8 Å². The third-order valence-corrected chi connectivity index (χ3v) is 9.95. The summed E-state index contributed by atoms with van der Waals surface area (Å²) in [6.45, 7) is 1.98. The number of carbonyl (C=O) groups excluding carboxylic acids is 4. The molecule has 21 nitrogen and oxygen atoms in total. The van der Waals surface area contributed by atoms with Crippen molar-refractivity contribution in [1.82, 2.24) is 40.9 Å². The minimum atomic E-state index is -1.36. The molecule has 21 heteroatoms. The second-order valence-electron chi connectivity index (χ2n) is 15.1. The van der Waals surface area contributed by atoms with Crippen LogP contribution in [-0.2, 0) is 51.2 Å². The zero-order chi connectivity index (χ0) is 46.1. The number of rotatable bonds is 24. The number of aliphatic carboxylic acids is 4. The molecule has 2 atom stereocenters. The molecule has 0 bridgehead atoms. The van der Waals surface area contributed by atoms with Crippen LogP contribution in [0.5, 0.6) is 5.75 Å². The van der Waals surface area contributed by atoms with E-state index in [0.29, 0.717) is 24.3 Å². The summed E-state index contributed by atoms with van der Waals surface area (Å²) in [6, 6.07) is 13.3. The maximum absolute atomic E-state index is 13.0. The molecule has 1 aliphatic heterocycles. The van der Waals surface area contributed by atoms with Gasteiger partial charge < -0.3 is 46.4 Å². The van der Waals surface area contributed by atoms with E-state index in [1.54, 1.807) is 31.7 Å². The van der Waals surface area contributed by atoms with Crippen molar-refractivity contribution in [2.24, 2.45) is 0 Å². The lowest BCUT2D eigenvalue weighted by atomic mass is 10.1. The van der Waals surface area contributed by atoms with Gasteiger partial charge in [-0.1, -0.05) is 55.8 Å². The molecule has 1 heterocycles. The molecular formula is C42H60N8O13. The van der Waals surface area contributed by atoms with E-state index < -0.39 is 60.2 Å². The maximum Gasteiger partial charge on any atom is 0.326 e. The first-order valence-corrected chi connectivity index (χ1v) is 20.8. The van der Waals surface area contributed by atoms with Crippen LogP contribution in [-0.4, -0.2) is 198 Å². The standard InChI is InChI=1S/C42H60N8O13/c1-2-3-13-43-41(60)33(22-30-7-5-4-6-8-30)45-37(53)29-63-32-11-9-31(10-12-32)23-34(42(61)62)46-35(51)24-44-36(52)25-47-14-16-48(26-38(54)55)18-20-50(28-40(58)59)21-19-49(17-15-47)27-39(56)57/h4-12,33-34H,2-3,13-29H2,1H3,(H,43,60)(H,44,52)(H,45,53)(H,46,51)(H,54,55)(H,56,57)(H,58,59)(H,61,62). The third-order valence-electron chi connectivity index (χ3n) is 9.95. The Morgan fingerprint density at radius 1 is 0.571 bits per heavy atom. The van der Waals surface area contributed by atoms with Crippen molar-refractivity contribution in [3.05, 3.63) is 65.7 Å². The number of benzene rings is 2. The zero-order valence-corrected chi connectivity index (χ0v) is 35.5. The molecule has 0 aromatic heterocycles. The number of carboxylic acid groups (broad SMARTS) is 4. The van der Waals surface area contributed by atoms with E-state index in [1.807, 2.05) is 37.3 Å². The Labute approximate surface area is 365 Å². The number of nitrogens with one attached hydrogen (secondary N) is 4. The van der Waals surface area contributed by atoms with Crippen LogP contribution in [0.3, 0.4) is 0 Å². The number of unbranched alkanes of at least 4 members (excludes halogenated alkanes) is 1. The van der Waals surface area contributed by atoms with Crippen LogP contribution in [0.25, 0.3) is 0 Å². The number of carbonyl (C=O) groups is 8. The van der Waals surface area contributed by atoms with Crippen LogP contribution in [0.1, 0.15) is 30.9 Å². The molecule has 2 aromatic rings. The van der Waals surface area contributed by atoms with E-state index in [2.05, 4.69) is 21.3 Å². The van der Waals surface area contributed by atoms with Crippen molar-refractivity contribution in [2.75, 3.05) is 98.2 Å². The van der Waals surface area contributed by atoms with Crippen LogP contribution in [0.4, 0.5) is 0 Å². The molecular weight excluding hydrogens is 825 g/mol. The van der Waals surface area contributed by atoms with E-state index in [-0.39, 0.29) is 97.5 Å². The van der Waals surface area contributed by atoms with Gasteiger partial charge in [0.25, 0.3) is 5.91 Å². The molecule has 346 valence electrons. The van der Waals surface area contributed by atoms with Crippen LogP contribution in [0, 0.1) is 0 Å². The van der Waals surface area contributed by atoms with E-state index in [1.165, 1.54) is 12.1 Å². The molecule has 0 aliphatic carbocycles. The smallest absolute Gasteiger partial charge is 0.326 e. The Morgan fingerprint density at radius 3 is 1.51 bits per heavy atom. The molecule has 2 unspecified atom stereocenters. The lowest BCUT2D eigenvalue weighted by Crippen LogP contribution is -2.50. The van der Waals surface area contributed by atoms with Crippen molar-refractivity contribution in [2.45, 2.75) is 44.7 Å². The average molecular weight is 885 g/mol. The highest BCUT2D eigenvalue weighted by molar-refractivity contribution is 5.89. The Bertz CT molecular complexity index is 1790. The first-order valence-electron chi connectivity index (χ1n) is 20.8. The summed E-state index contributed by atoms with van der Waals surface area (Å²) in [7, 11) is 0. The zero-order valence-electron chi connectivity index (χ0n) is 35.5. The summed E-state index contributed by atoms with van der Waals surface area (Å²) in [5, 5.41) is 48.5. The van der Waals surface area contributed by atoms with Gasteiger partial charge in [-0.3, -0.25) is 53.2 Å². The highest BCUT2D eigenvalue weighted by Crippen LogP contribution is 2.14. The van der Waals surface area contributed by atoms with E-state index in [9.17, 15) is 58.8 Å². The van der Waals surface area contributed by atoms with Gasteiger partial charge in [0.15, 0.2) is 6.61 Å². The summed E-state index contributed by atoms with van der Waals surface area (Å²) >= 11 is 0. The highest BCUT2D eigenvalue weighted by Gasteiger charge is 2.24. The minimum absolute atomic E-state index is 0.119. The Kier molecular flexibility index (Phi) is 22.5. The summed E-state index contributed by atoms with van der Waals surface area (Å²) in [4.78, 5) is 105. The Balaban J connectivity index is 1.52. The lowest BCUT2D eigenvalue weighted by Gasteiger charge is -2.32. The number of hydrogen-bond donors (Lipinski definition) is 8. The van der Waals surface area contributed by atoms with Crippen molar-refractivity contribution in [3.63, 3.8) is 0 Å². The number of ether oxygens (including phenoxy) is 1. The fraction of sp³-hybridized carbons (Fsp3) is 0.524. The fourth-order valence-electron chi connectivity index (χ4n) is 6.58. The van der Waals surface area contributed by atoms with Crippen LogP contribution >= 0.6 is 0 Å². The molecule has 0 spiro atoms. The fourth-order valence-corrected chi connectivity index (χ4v) is 6.58. The third kappa shape index (κ3) is 21.5. The molecule has 1 saturated heterocycles. The van der Waals surface area contributed by atoms with Gasteiger partial charge in [-0.25, -0.2) is 4.79 Å². The molecule has 1 aliphatic rings. The first-order chi connectivity index (χ1) is 30.1. The van der Waals surface area contributed by atoms with Gasteiger partial charge >= 0.3 is 23.9 Å². The molecule has 1 fully saturated rings.